The van der Waals surface area contributed by atoms with E-state index in [1.165, 1.54) is 5.56 Å². The van der Waals surface area contributed by atoms with E-state index in [1.54, 1.807) is 0 Å². The quantitative estimate of drug-likeness (QED) is 0.806. The van der Waals surface area contributed by atoms with Gasteiger partial charge < -0.3 is 10.3 Å². The summed E-state index contributed by atoms with van der Waals surface area (Å²) in [6, 6.07) is 8.34. The minimum absolute atomic E-state index is 0.475. The first-order valence-corrected chi connectivity index (χ1v) is 5.00. The van der Waals surface area contributed by atoms with Crippen molar-refractivity contribution in [3.05, 3.63) is 41.9 Å². The summed E-state index contributed by atoms with van der Waals surface area (Å²) in [4.78, 5) is 4.47. The van der Waals surface area contributed by atoms with Crippen molar-refractivity contribution in [3.8, 4) is 11.3 Å². The van der Waals surface area contributed by atoms with E-state index in [2.05, 4.69) is 36.2 Å². The van der Waals surface area contributed by atoms with Crippen molar-refractivity contribution < 1.29 is 0 Å². The third-order valence-corrected chi connectivity index (χ3v) is 2.50. The van der Waals surface area contributed by atoms with Gasteiger partial charge in [0.05, 0.1) is 12.2 Å². The molecule has 0 fully saturated rings. The van der Waals surface area contributed by atoms with Gasteiger partial charge in [-0.15, -0.1) is 0 Å². The van der Waals surface area contributed by atoms with E-state index in [0.29, 0.717) is 6.54 Å². The molecule has 78 valence electrons. The van der Waals surface area contributed by atoms with Gasteiger partial charge in [-0.3, -0.25) is 0 Å². The average Bonchev–Trinajstić information content (AvgIpc) is 2.61. The summed E-state index contributed by atoms with van der Waals surface area (Å²) in [5.74, 6) is 0.908. The Kier molecular flexibility index (Phi) is 2.56. The molecule has 0 unspecified atom stereocenters. The van der Waals surface area contributed by atoms with Gasteiger partial charge in [-0.1, -0.05) is 29.8 Å². The minimum atomic E-state index is 0.475. The van der Waals surface area contributed by atoms with E-state index in [9.17, 15) is 0 Å². The molecule has 0 aliphatic rings. The summed E-state index contributed by atoms with van der Waals surface area (Å²) < 4.78 is 1.97. The molecule has 0 radical (unpaired) electrons. The SMILES string of the molecule is Cc1ccc(-c2cn(C)c(CN)n2)cc1. The van der Waals surface area contributed by atoms with Crippen molar-refractivity contribution in [2.24, 2.45) is 12.8 Å². The molecule has 0 saturated heterocycles. The third-order valence-electron chi connectivity index (χ3n) is 2.50. The number of hydrogen-bond acceptors (Lipinski definition) is 2. The predicted octanol–water partition coefficient (Wildman–Crippen LogP) is 1.85. The van der Waals surface area contributed by atoms with Gasteiger partial charge in [0.2, 0.25) is 0 Å². The Hall–Kier alpha value is -1.61. The summed E-state index contributed by atoms with van der Waals surface area (Å²) in [7, 11) is 1.97. The second kappa shape index (κ2) is 3.87. The summed E-state index contributed by atoms with van der Waals surface area (Å²) in [5.41, 5.74) is 8.96. The van der Waals surface area contributed by atoms with Crippen molar-refractivity contribution in [3.63, 3.8) is 0 Å². The van der Waals surface area contributed by atoms with E-state index >= 15 is 0 Å². The second-order valence-corrected chi connectivity index (χ2v) is 3.72. The van der Waals surface area contributed by atoms with Crippen LogP contribution in [0.15, 0.2) is 30.5 Å². The molecule has 0 saturated carbocycles. The zero-order chi connectivity index (χ0) is 10.8. The number of rotatable bonds is 2. The Morgan fingerprint density at radius 2 is 1.93 bits per heavy atom. The van der Waals surface area contributed by atoms with Gasteiger partial charge in [-0.2, -0.15) is 0 Å². The monoisotopic (exact) mass is 201 g/mol. The van der Waals surface area contributed by atoms with Crippen LogP contribution in [0.1, 0.15) is 11.4 Å². The van der Waals surface area contributed by atoms with Gasteiger partial charge >= 0.3 is 0 Å². The number of nitrogens with two attached hydrogens (primary N) is 1. The van der Waals surface area contributed by atoms with Crippen LogP contribution in [-0.2, 0) is 13.6 Å². The van der Waals surface area contributed by atoms with Gasteiger partial charge in [0.1, 0.15) is 5.82 Å². The lowest BCUT2D eigenvalue weighted by Crippen LogP contribution is -2.03. The zero-order valence-electron chi connectivity index (χ0n) is 9.07. The van der Waals surface area contributed by atoms with Crippen LogP contribution in [0, 0.1) is 6.92 Å². The fourth-order valence-corrected chi connectivity index (χ4v) is 1.56. The molecule has 0 aliphatic carbocycles. The molecule has 0 aliphatic heterocycles. The van der Waals surface area contributed by atoms with Crippen molar-refractivity contribution in [2.75, 3.05) is 0 Å². The molecule has 3 nitrogen and oxygen atoms in total. The number of nitrogens with zero attached hydrogens (tertiary/aromatic N) is 2. The largest absolute Gasteiger partial charge is 0.336 e. The molecule has 0 bridgehead atoms. The smallest absolute Gasteiger partial charge is 0.122 e. The highest BCUT2D eigenvalue weighted by Gasteiger charge is 2.04. The second-order valence-electron chi connectivity index (χ2n) is 3.72. The molecule has 2 aromatic rings. The van der Waals surface area contributed by atoms with E-state index in [1.807, 2.05) is 17.8 Å². The molecule has 1 aromatic heterocycles. The lowest BCUT2D eigenvalue weighted by atomic mass is 10.1. The lowest BCUT2D eigenvalue weighted by Gasteiger charge is -1.96. The van der Waals surface area contributed by atoms with E-state index < -0.39 is 0 Å². The molecule has 0 atom stereocenters. The van der Waals surface area contributed by atoms with E-state index in [0.717, 1.165) is 17.1 Å². The highest BCUT2D eigenvalue weighted by molar-refractivity contribution is 5.58. The summed E-state index contributed by atoms with van der Waals surface area (Å²) in [6.07, 6.45) is 2.01. The minimum Gasteiger partial charge on any atom is -0.336 e. The van der Waals surface area contributed by atoms with Crippen LogP contribution in [0.2, 0.25) is 0 Å². The highest BCUT2D eigenvalue weighted by atomic mass is 15.1. The third kappa shape index (κ3) is 1.92. The van der Waals surface area contributed by atoms with E-state index in [-0.39, 0.29) is 0 Å². The molecule has 3 heteroatoms. The fourth-order valence-electron chi connectivity index (χ4n) is 1.56. The first-order chi connectivity index (χ1) is 7.20. The molecule has 2 rings (SSSR count). The van der Waals surface area contributed by atoms with Crippen LogP contribution in [0.3, 0.4) is 0 Å². The van der Waals surface area contributed by atoms with Crippen molar-refractivity contribution in [2.45, 2.75) is 13.5 Å². The van der Waals surface area contributed by atoms with Crippen LogP contribution in [0.4, 0.5) is 0 Å². The molecule has 0 amide bonds. The standard InChI is InChI=1S/C12H15N3/c1-9-3-5-10(6-4-9)11-8-15(2)12(7-13)14-11/h3-6,8H,7,13H2,1-2H3. The summed E-state index contributed by atoms with van der Waals surface area (Å²) in [6.45, 7) is 2.55. The van der Waals surface area contributed by atoms with Gasteiger partial charge in [-0.05, 0) is 6.92 Å². The number of benzene rings is 1. The molecule has 15 heavy (non-hydrogen) atoms. The van der Waals surface area contributed by atoms with Gasteiger partial charge in [0, 0.05) is 18.8 Å². The number of aromatic nitrogens is 2. The summed E-state index contributed by atoms with van der Waals surface area (Å²) in [5, 5.41) is 0. The lowest BCUT2D eigenvalue weighted by molar-refractivity contribution is 0.794. The van der Waals surface area contributed by atoms with Crippen LogP contribution in [0.5, 0.6) is 0 Å². The first-order valence-electron chi connectivity index (χ1n) is 5.00. The van der Waals surface area contributed by atoms with Crippen LogP contribution in [-0.4, -0.2) is 9.55 Å². The number of imidazole rings is 1. The molecule has 0 spiro atoms. The normalized spacial score (nSPS) is 10.6. The number of hydrogen-bond donors (Lipinski definition) is 1. The summed E-state index contributed by atoms with van der Waals surface area (Å²) >= 11 is 0. The topological polar surface area (TPSA) is 43.8 Å². The van der Waals surface area contributed by atoms with Gasteiger partial charge in [0.15, 0.2) is 0 Å². The van der Waals surface area contributed by atoms with Crippen LogP contribution in [0.25, 0.3) is 11.3 Å². The Balaban J connectivity index is 2.41. The zero-order valence-corrected chi connectivity index (χ0v) is 9.07. The van der Waals surface area contributed by atoms with Crippen molar-refractivity contribution in [1.29, 1.82) is 0 Å². The molecule has 1 aromatic carbocycles. The molecule has 2 N–H and O–H groups in total. The van der Waals surface area contributed by atoms with Gasteiger partial charge in [0.25, 0.3) is 0 Å². The Labute approximate surface area is 89.6 Å². The maximum Gasteiger partial charge on any atom is 0.122 e. The van der Waals surface area contributed by atoms with Crippen LogP contribution < -0.4 is 5.73 Å². The molecular formula is C12H15N3. The predicted molar refractivity (Wildman–Crippen MR) is 61.3 cm³/mol. The Morgan fingerprint density at radius 1 is 1.27 bits per heavy atom. The van der Waals surface area contributed by atoms with Crippen molar-refractivity contribution in [1.82, 2.24) is 9.55 Å². The maximum atomic E-state index is 5.58. The average molecular weight is 201 g/mol. The molecule has 1 heterocycles. The van der Waals surface area contributed by atoms with Crippen LogP contribution >= 0.6 is 0 Å². The van der Waals surface area contributed by atoms with Gasteiger partial charge in [-0.25, -0.2) is 4.98 Å². The van der Waals surface area contributed by atoms with E-state index in [4.69, 9.17) is 5.73 Å². The number of aryl methyl sites for hydroxylation is 2. The van der Waals surface area contributed by atoms with Crippen molar-refractivity contribution >= 4 is 0 Å². The maximum absolute atomic E-state index is 5.58. The highest BCUT2D eigenvalue weighted by Crippen LogP contribution is 2.18. The fraction of sp³-hybridized carbons (Fsp3) is 0.250. The first kappa shape index (κ1) is 9.93. The Morgan fingerprint density at radius 3 is 2.47 bits per heavy atom. The molecular weight excluding hydrogens is 186 g/mol. The Bertz CT molecular complexity index is 454.